The third-order valence-corrected chi connectivity index (χ3v) is 2.21. The number of benzene rings is 1. The molecule has 2 aromatic rings. The Morgan fingerprint density at radius 1 is 1.19 bits per heavy atom. The lowest BCUT2D eigenvalue weighted by atomic mass is 10.2. The molecule has 0 radical (unpaired) electrons. The maximum absolute atomic E-state index is 9.13. The van der Waals surface area contributed by atoms with Crippen LogP contribution in [0.4, 0.5) is 0 Å². The minimum atomic E-state index is -0.867. The first-order chi connectivity index (χ1) is 7.79. The highest BCUT2D eigenvalue weighted by Crippen LogP contribution is 2.15. The second-order valence-electron chi connectivity index (χ2n) is 3.49. The number of pyridine rings is 1. The van der Waals surface area contributed by atoms with Gasteiger partial charge in [0.15, 0.2) is 0 Å². The molecular weight excluding hydrogens is 206 g/mol. The van der Waals surface area contributed by atoms with Crippen molar-refractivity contribution < 1.29 is 14.9 Å². The molecule has 0 saturated heterocycles. The number of aliphatic hydroxyl groups excluding tert-OH is 2. The molecule has 4 heteroatoms. The van der Waals surface area contributed by atoms with Gasteiger partial charge in [0.1, 0.15) is 12.7 Å². The van der Waals surface area contributed by atoms with E-state index < -0.39 is 6.10 Å². The molecule has 1 aromatic heterocycles. The van der Waals surface area contributed by atoms with E-state index in [1.54, 1.807) is 6.07 Å². The van der Waals surface area contributed by atoms with Crippen LogP contribution < -0.4 is 4.74 Å². The molecule has 2 rings (SSSR count). The summed E-state index contributed by atoms with van der Waals surface area (Å²) in [5.41, 5.74) is 0.846. The van der Waals surface area contributed by atoms with Crippen LogP contribution >= 0.6 is 0 Å². The first-order valence-electron chi connectivity index (χ1n) is 5.07. The second kappa shape index (κ2) is 4.92. The number of nitrogens with zero attached hydrogens (tertiary/aromatic N) is 1. The van der Waals surface area contributed by atoms with Gasteiger partial charge in [0, 0.05) is 11.5 Å². The highest BCUT2D eigenvalue weighted by molar-refractivity contribution is 5.78. The highest BCUT2D eigenvalue weighted by atomic mass is 16.5. The number of fused-ring (bicyclic) bond motifs is 1. The third-order valence-electron chi connectivity index (χ3n) is 2.21. The van der Waals surface area contributed by atoms with Crippen LogP contribution in [0.3, 0.4) is 0 Å². The van der Waals surface area contributed by atoms with Crippen molar-refractivity contribution in [1.29, 1.82) is 0 Å². The zero-order valence-electron chi connectivity index (χ0n) is 8.71. The number of aliphatic hydroxyl groups is 2. The van der Waals surface area contributed by atoms with Gasteiger partial charge in [-0.2, -0.15) is 0 Å². The maximum Gasteiger partial charge on any atom is 0.213 e. The van der Waals surface area contributed by atoms with E-state index in [2.05, 4.69) is 4.98 Å². The van der Waals surface area contributed by atoms with Crippen molar-refractivity contribution in [3.05, 3.63) is 36.4 Å². The minimum absolute atomic E-state index is 0.0435. The van der Waals surface area contributed by atoms with Gasteiger partial charge in [-0.15, -0.1) is 0 Å². The summed E-state index contributed by atoms with van der Waals surface area (Å²) < 4.78 is 5.25. The molecule has 84 valence electrons. The van der Waals surface area contributed by atoms with Crippen molar-refractivity contribution in [2.45, 2.75) is 6.10 Å². The molecule has 1 aromatic carbocycles. The Bertz CT molecular complexity index is 473. The molecule has 0 amide bonds. The number of hydrogen-bond donors (Lipinski definition) is 2. The van der Waals surface area contributed by atoms with E-state index >= 15 is 0 Å². The lowest BCUT2D eigenvalue weighted by Crippen LogP contribution is -2.21. The SMILES string of the molecule is OCC(O)COc1ccc2ccccc2n1. The predicted octanol–water partition coefficient (Wildman–Crippen LogP) is 0.967. The predicted molar refractivity (Wildman–Crippen MR) is 60.3 cm³/mol. The third kappa shape index (κ3) is 2.48. The molecular formula is C12H13NO3. The van der Waals surface area contributed by atoms with Gasteiger partial charge in [-0.05, 0) is 12.1 Å². The summed E-state index contributed by atoms with van der Waals surface area (Å²) >= 11 is 0. The van der Waals surface area contributed by atoms with Crippen molar-refractivity contribution in [1.82, 2.24) is 4.98 Å². The summed E-state index contributed by atoms with van der Waals surface area (Å²) in [5, 5.41) is 18.8. The van der Waals surface area contributed by atoms with E-state index in [-0.39, 0.29) is 13.2 Å². The van der Waals surface area contributed by atoms with E-state index in [0.29, 0.717) is 5.88 Å². The van der Waals surface area contributed by atoms with Crippen molar-refractivity contribution in [3.63, 3.8) is 0 Å². The largest absolute Gasteiger partial charge is 0.475 e. The summed E-state index contributed by atoms with van der Waals surface area (Å²) in [6, 6.07) is 11.4. The molecule has 16 heavy (non-hydrogen) atoms. The fourth-order valence-corrected chi connectivity index (χ4v) is 1.36. The van der Waals surface area contributed by atoms with Gasteiger partial charge < -0.3 is 14.9 Å². The van der Waals surface area contributed by atoms with Crippen molar-refractivity contribution in [2.75, 3.05) is 13.2 Å². The van der Waals surface area contributed by atoms with Crippen molar-refractivity contribution in [3.8, 4) is 5.88 Å². The number of para-hydroxylation sites is 1. The molecule has 0 fully saturated rings. The number of ether oxygens (including phenoxy) is 1. The van der Waals surface area contributed by atoms with Crippen LogP contribution in [0.1, 0.15) is 0 Å². The number of aromatic nitrogens is 1. The van der Waals surface area contributed by atoms with E-state index in [9.17, 15) is 0 Å². The van der Waals surface area contributed by atoms with Crippen LogP contribution in [0, 0.1) is 0 Å². The maximum atomic E-state index is 9.13. The Kier molecular flexibility index (Phi) is 3.34. The van der Waals surface area contributed by atoms with Crippen molar-refractivity contribution in [2.24, 2.45) is 0 Å². The monoisotopic (exact) mass is 219 g/mol. The molecule has 0 bridgehead atoms. The summed E-state index contributed by atoms with van der Waals surface area (Å²) in [5.74, 6) is 0.450. The van der Waals surface area contributed by atoms with Gasteiger partial charge in [0.05, 0.1) is 12.1 Å². The average molecular weight is 219 g/mol. The molecule has 0 aliphatic heterocycles. The molecule has 4 nitrogen and oxygen atoms in total. The van der Waals surface area contributed by atoms with Crippen LogP contribution in [0.15, 0.2) is 36.4 Å². The van der Waals surface area contributed by atoms with Crippen LogP contribution in [-0.4, -0.2) is 34.5 Å². The Labute approximate surface area is 93.1 Å². The Hall–Kier alpha value is -1.65. The summed E-state index contributed by atoms with van der Waals surface area (Å²) in [6.45, 7) is -0.268. The molecule has 0 aliphatic carbocycles. The van der Waals surface area contributed by atoms with Crippen LogP contribution in [0.25, 0.3) is 10.9 Å². The Morgan fingerprint density at radius 3 is 2.81 bits per heavy atom. The van der Waals surface area contributed by atoms with Crippen LogP contribution in [-0.2, 0) is 0 Å². The Morgan fingerprint density at radius 2 is 2.00 bits per heavy atom. The van der Waals surface area contributed by atoms with Crippen LogP contribution in [0.5, 0.6) is 5.88 Å². The van der Waals surface area contributed by atoms with E-state index in [0.717, 1.165) is 10.9 Å². The van der Waals surface area contributed by atoms with Crippen molar-refractivity contribution >= 4 is 10.9 Å². The number of hydrogen-bond acceptors (Lipinski definition) is 4. The molecule has 0 spiro atoms. The molecule has 0 saturated carbocycles. The van der Waals surface area contributed by atoms with Crippen LogP contribution in [0.2, 0.25) is 0 Å². The quantitative estimate of drug-likeness (QED) is 0.804. The highest BCUT2D eigenvalue weighted by Gasteiger charge is 2.04. The zero-order valence-corrected chi connectivity index (χ0v) is 8.71. The van der Waals surface area contributed by atoms with Gasteiger partial charge in [0.25, 0.3) is 0 Å². The molecule has 2 N–H and O–H groups in total. The Balaban J connectivity index is 2.13. The van der Waals surface area contributed by atoms with Gasteiger partial charge in [-0.3, -0.25) is 0 Å². The lowest BCUT2D eigenvalue weighted by molar-refractivity contribution is 0.0522. The van der Waals surface area contributed by atoms with Gasteiger partial charge in [-0.25, -0.2) is 4.98 Å². The normalized spacial score (nSPS) is 12.6. The molecule has 1 atom stereocenters. The van der Waals surface area contributed by atoms with Gasteiger partial charge >= 0.3 is 0 Å². The standard InChI is InChI=1S/C12H13NO3/c14-7-10(15)8-16-12-6-5-9-3-1-2-4-11(9)13-12/h1-6,10,14-15H,7-8H2. The average Bonchev–Trinajstić information content (AvgIpc) is 2.35. The van der Waals surface area contributed by atoms with E-state index in [1.807, 2.05) is 30.3 Å². The molecule has 0 aliphatic rings. The van der Waals surface area contributed by atoms with E-state index in [1.165, 1.54) is 0 Å². The summed E-state index contributed by atoms with van der Waals surface area (Å²) in [6.07, 6.45) is -0.867. The smallest absolute Gasteiger partial charge is 0.213 e. The zero-order chi connectivity index (χ0) is 11.4. The fraction of sp³-hybridized carbons (Fsp3) is 0.250. The molecule has 1 heterocycles. The van der Waals surface area contributed by atoms with Gasteiger partial charge in [0.2, 0.25) is 5.88 Å². The fourth-order valence-electron chi connectivity index (χ4n) is 1.36. The first-order valence-corrected chi connectivity index (χ1v) is 5.07. The molecule has 1 unspecified atom stereocenters. The lowest BCUT2D eigenvalue weighted by Gasteiger charge is -2.09. The van der Waals surface area contributed by atoms with E-state index in [4.69, 9.17) is 14.9 Å². The minimum Gasteiger partial charge on any atom is -0.475 e. The summed E-state index contributed by atoms with van der Waals surface area (Å²) in [4.78, 5) is 4.27. The summed E-state index contributed by atoms with van der Waals surface area (Å²) in [7, 11) is 0. The first kappa shape index (κ1) is 10.9. The van der Waals surface area contributed by atoms with Gasteiger partial charge in [-0.1, -0.05) is 18.2 Å². The number of rotatable bonds is 4. The topological polar surface area (TPSA) is 62.6 Å². The second-order valence-corrected chi connectivity index (χ2v) is 3.49.